The normalized spacial score (nSPS) is 10.7. The van der Waals surface area contributed by atoms with E-state index in [0.29, 0.717) is 5.65 Å². The first-order valence-electron chi connectivity index (χ1n) is 3.82. The van der Waals surface area contributed by atoms with E-state index in [2.05, 4.69) is 9.97 Å². The Kier molecular flexibility index (Phi) is 1.79. The van der Waals surface area contributed by atoms with E-state index in [1.807, 2.05) is 19.3 Å². The van der Waals surface area contributed by atoms with Crippen molar-refractivity contribution in [2.45, 2.75) is 0 Å². The number of hydrogen-bond acceptors (Lipinski definition) is 4. The van der Waals surface area contributed by atoms with Gasteiger partial charge in [0.15, 0.2) is 5.65 Å². The lowest BCUT2D eigenvalue weighted by Crippen LogP contribution is -2.33. The number of fused-ring (bicyclic) bond motifs is 1. The molecule has 0 bridgehead atoms. The standard InChI is InChI=1S/C7H8BN3O2/c1-11-3-2-5-7(11)10-6(4-9-5)8(12)13/h2-4,12-13H,1H3. The van der Waals surface area contributed by atoms with Gasteiger partial charge in [0.25, 0.3) is 0 Å². The average molecular weight is 177 g/mol. The molecule has 0 unspecified atom stereocenters. The maximum Gasteiger partial charge on any atom is 0.509 e. The Balaban J connectivity index is 2.66. The number of aromatic nitrogens is 3. The summed E-state index contributed by atoms with van der Waals surface area (Å²) in [4.78, 5) is 8.05. The average Bonchev–Trinajstić information content (AvgIpc) is 2.47. The van der Waals surface area contributed by atoms with Crippen LogP contribution in [0.3, 0.4) is 0 Å². The summed E-state index contributed by atoms with van der Waals surface area (Å²) in [6.07, 6.45) is 3.17. The van der Waals surface area contributed by atoms with Gasteiger partial charge in [-0.15, -0.1) is 0 Å². The number of rotatable bonds is 1. The van der Waals surface area contributed by atoms with Gasteiger partial charge < -0.3 is 14.6 Å². The number of aryl methyl sites for hydroxylation is 1. The number of hydrogen-bond donors (Lipinski definition) is 2. The van der Waals surface area contributed by atoms with Gasteiger partial charge in [-0.2, -0.15) is 0 Å². The minimum atomic E-state index is -1.56. The van der Waals surface area contributed by atoms with E-state index in [-0.39, 0.29) is 5.59 Å². The predicted octanol–water partition coefficient (Wildman–Crippen LogP) is -1.35. The molecule has 0 spiro atoms. The Morgan fingerprint density at radius 2 is 2.23 bits per heavy atom. The molecule has 0 aliphatic carbocycles. The van der Waals surface area contributed by atoms with E-state index in [4.69, 9.17) is 10.0 Å². The molecule has 0 atom stereocenters. The molecule has 0 saturated carbocycles. The first-order valence-corrected chi connectivity index (χ1v) is 3.82. The third-order valence-corrected chi connectivity index (χ3v) is 1.85. The van der Waals surface area contributed by atoms with Crippen LogP contribution in [0, 0.1) is 0 Å². The molecule has 0 aliphatic heterocycles. The highest BCUT2D eigenvalue weighted by molar-refractivity contribution is 6.57. The highest BCUT2D eigenvalue weighted by Gasteiger charge is 2.14. The summed E-state index contributed by atoms with van der Waals surface area (Å²) in [7, 11) is 0.261. The van der Waals surface area contributed by atoms with Crippen molar-refractivity contribution in [2.24, 2.45) is 7.05 Å². The second-order valence-corrected chi connectivity index (χ2v) is 2.80. The maximum absolute atomic E-state index is 8.86. The minimum absolute atomic E-state index is 0.161. The summed E-state index contributed by atoms with van der Waals surface area (Å²) in [6.45, 7) is 0. The van der Waals surface area contributed by atoms with Crippen LogP contribution in [0.1, 0.15) is 0 Å². The molecule has 0 aromatic carbocycles. The smallest absolute Gasteiger partial charge is 0.422 e. The van der Waals surface area contributed by atoms with Gasteiger partial charge in [-0.05, 0) is 6.07 Å². The van der Waals surface area contributed by atoms with Crippen LogP contribution in [0.4, 0.5) is 0 Å². The van der Waals surface area contributed by atoms with Crippen LogP contribution in [0.5, 0.6) is 0 Å². The summed E-state index contributed by atoms with van der Waals surface area (Å²) in [5.41, 5.74) is 1.55. The van der Waals surface area contributed by atoms with Crippen molar-refractivity contribution >= 4 is 23.9 Å². The third kappa shape index (κ3) is 1.30. The molecule has 13 heavy (non-hydrogen) atoms. The molecule has 0 fully saturated rings. The third-order valence-electron chi connectivity index (χ3n) is 1.85. The van der Waals surface area contributed by atoms with Crippen molar-refractivity contribution in [2.75, 3.05) is 0 Å². The van der Waals surface area contributed by atoms with E-state index in [9.17, 15) is 0 Å². The zero-order valence-corrected chi connectivity index (χ0v) is 7.05. The molecule has 0 amide bonds. The summed E-state index contributed by atoms with van der Waals surface area (Å²) in [5, 5.41) is 17.7. The molecule has 2 rings (SSSR count). The van der Waals surface area contributed by atoms with Crippen LogP contribution in [-0.2, 0) is 7.05 Å². The van der Waals surface area contributed by atoms with Gasteiger partial charge >= 0.3 is 7.12 Å². The van der Waals surface area contributed by atoms with Gasteiger partial charge in [0.2, 0.25) is 0 Å². The van der Waals surface area contributed by atoms with E-state index in [0.717, 1.165) is 5.52 Å². The van der Waals surface area contributed by atoms with Gasteiger partial charge in [0.1, 0.15) is 5.52 Å². The van der Waals surface area contributed by atoms with E-state index in [1.54, 1.807) is 4.57 Å². The maximum atomic E-state index is 8.86. The van der Waals surface area contributed by atoms with Crippen LogP contribution in [0.2, 0.25) is 0 Å². The van der Waals surface area contributed by atoms with Crippen LogP contribution >= 0.6 is 0 Å². The molecule has 2 aromatic rings. The Bertz CT molecular complexity index is 440. The molecule has 2 N–H and O–H groups in total. The minimum Gasteiger partial charge on any atom is -0.422 e. The molecule has 0 aliphatic rings. The molecule has 2 heterocycles. The topological polar surface area (TPSA) is 71.2 Å². The molecule has 0 saturated heterocycles. The molecular weight excluding hydrogens is 169 g/mol. The fourth-order valence-corrected chi connectivity index (χ4v) is 1.16. The molecule has 5 nitrogen and oxygen atoms in total. The van der Waals surface area contributed by atoms with Crippen molar-refractivity contribution in [3.05, 3.63) is 18.5 Å². The van der Waals surface area contributed by atoms with Gasteiger partial charge in [0, 0.05) is 19.4 Å². The van der Waals surface area contributed by atoms with Crippen LogP contribution in [0.25, 0.3) is 11.2 Å². The highest BCUT2D eigenvalue weighted by Crippen LogP contribution is 2.05. The van der Waals surface area contributed by atoms with Gasteiger partial charge in [-0.25, -0.2) is 4.98 Å². The van der Waals surface area contributed by atoms with Gasteiger partial charge in [-0.1, -0.05) is 0 Å². The summed E-state index contributed by atoms with van der Waals surface area (Å²) in [5.74, 6) is 0. The molecule has 66 valence electrons. The van der Waals surface area contributed by atoms with Crippen LogP contribution in [0.15, 0.2) is 18.5 Å². The Hall–Kier alpha value is -1.40. The van der Waals surface area contributed by atoms with E-state index >= 15 is 0 Å². The summed E-state index contributed by atoms with van der Waals surface area (Å²) >= 11 is 0. The van der Waals surface area contributed by atoms with Crippen molar-refractivity contribution in [1.29, 1.82) is 0 Å². The first kappa shape index (κ1) is 8.21. The zero-order chi connectivity index (χ0) is 9.42. The van der Waals surface area contributed by atoms with E-state index in [1.165, 1.54) is 6.20 Å². The Morgan fingerprint density at radius 1 is 1.46 bits per heavy atom. The quantitative estimate of drug-likeness (QED) is 0.528. The van der Waals surface area contributed by atoms with Gasteiger partial charge in [-0.3, -0.25) is 4.98 Å². The van der Waals surface area contributed by atoms with Crippen molar-refractivity contribution < 1.29 is 10.0 Å². The lowest BCUT2D eigenvalue weighted by atomic mass is 9.87. The largest absolute Gasteiger partial charge is 0.509 e. The Labute approximate surface area is 74.8 Å². The van der Waals surface area contributed by atoms with Gasteiger partial charge in [0.05, 0.1) is 5.59 Å². The lowest BCUT2D eigenvalue weighted by Gasteiger charge is -1.99. The van der Waals surface area contributed by atoms with Crippen LogP contribution < -0.4 is 5.59 Å². The van der Waals surface area contributed by atoms with Crippen LogP contribution in [-0.4, -0.2) is 31.7 Å². The monoisotopic (exact) mass is 177 g/mol. The first-order chi connectivity index (χ1) is 6.18. The molecule has 6 heteroatoms. The second-order valence-electron chi connectivity index (χ2n) is 2.80. The fraction of sp³-hybridized carbons (Fsp3) is 0.143. The fourth-order valence-electron chi connectivity index (χ4n) is 1.16. The molecule has 2 aromatic heterocycles. The summed E-state index contributed by atoms with van der Waals surface area (Å²) < 4.78 is 1.77. The van der Waals surface area contributed by atoms with Crippen molar-refractivity contribution in [3.8, 4) is 0 Å². The van der Waals surface area contributed by atoms with Crippen molar-refractivity contribution in [1.82, 2.24) is 14.5 Å². The second kappa shape index (κ2) is 2.83. The zero-order valence-electron chi connectivity index (χ0n) is 7.05. The molecule has 0 radical (unpaired) electrons. The van der Waals surface area contributed by atoms with Crippen molar-refractivity contribution in [3.63, 3.8) is 0 Å². The highest BCUT2D eigenvalue weighted by atomic mass is 16.4. The SMILES string of the molecule is Cn1ccc2ncc(B(O)O)nc21. The number of nitrogens with zero attached hydrogens (tertiary/aromatic N) is 3. The Morgan fingerprint density at radius 3 is 2.92 bits per heavy atom. The summed E-state index contributed by atoms with van der Waals surface area (Å²) in [6, 6.07) is 1.82. The molecular formula is C7H8BN3O2. The van der Waals surface area contributed by atoms with E-state index < -0.39 is 7.12 Å². The lowest BCUT2D eigenvalue weighted by molar-refractivity contribution is 0.424. The predicted molar refractivity (Wildman–Crippen MR) is 48.3 cm³/mol.